The molecule has 0 spiro atoms. The fourth-order valence-electron chi connectivity index (χ4n) is 2.24. The second kappa shape index (κ2) is 5.61. The van der Waals surface area contributed by atoms with Crippen molar-refractivity contribution in [3.05, 3.63) is 23.8 Å². The van der Waals surface area contributed by atoms with E-state index in [4.69, 9.17) is 0 Å². The first-order valence-electron chi connectivity index (χ1n) is 6.95. The molecule has 112 valence electrons. The molecule has 0 saturated carbocycles. The number of aryl methyl sites for hydroxylation is 1. The summed E-state index contributed by atoms with van der Waals surface area (Å²) in [6, 6.07) is 6.01. The van der Waals surface area contributed by atoms with E-state index in [0.717, 1.165) is 24.1 Å². The number of hydrogen-bond acceptors (Lipinski definition) is 3. The van der Waals surface area contributed by atoms with Crippen molar-refractivity contribution < 1.29 is 8.42 Å². The molecule has 1 atom stereocenters. The molecule has 1 unspecified atom stereocenters. The largest absolute Gasteiger partial charge is 0.381 e. The quantitative estimate of drug-likeness (QED) is 0.897. The van der Waals surface area contributed by atoms with Crippen LogP contribution in [-0.4, -0.2) is 31.9 Å². The highest BCUT2D eigenvalue weighted by molar-refractivity contribution is 7.90. The molecule has 1 aliphatic rings. The lowest BCUT2D eigenvalue weighted by Crippen LogP contribution is -2.37. The van der Waals surface area contributed by atoms with E-state index >= 15 is 0 Å². The summed E-state index contributed by atoms with van der Waals surface area (Å²) in [5.41, 5.74) is 2.70. The van der Waals surface area contributed by atoms with Gasteiger partial charge in [0.15, 0.2) is 0 Å². The van der Waals surface area contributed by atoms with Crippen molar-refractivity contribution in [1.82, 2.24) is 4.31 Å². The predicted octanol–water partition coefficient (Wildman–Crippen LogP) is 2.43. The summed E-state index contributed by atoms with van der Waals surface area (Å²) in [4.78, 5) is 0. The third-order valence-electron chi connectivity index (χ3n) is 3.73. The van der Waals surface area contributed by atoms with E-state index in [1.165, 1.54) is 4.31 Å². The van der Waals surface area contributed by atoms with Gasteiger partial charge >= 0.3 is 10.2 Å². The maximum atomic E-state index is 12.3. The van der Waals surface area contributed by atoms with Crippen molar-refractivity contribution >= 4 is 21.6 Å². The van der Waals surface area contributed by atoms with E-state index in [0.29, 0.717) is 11.7 Å². The summed E-state index contributed by atoms with van der Waals surface area (Å²) in [7, 11) is -1.94. The van der Waals surface area contributed by atoms with E-state index in [-0.39, 0.29) is 6.04 Å². The highest BCUT2D eigenvalue weighted by Crippen LogP contribution is 2.32. The van der Waals surface area contributed by atoms with Gasteiger partial charge in [-0.15, -0.1) is 0 Å². The van der Waals surface area contributed by atoms with Gasteiger partial charge in [0.25, 0.3) is 0 Å². The summed E-state index contributed by atoms with van der Waals surface area (Å²) in [5, 5.41) is 3.37. The molecule has 6 heteroatoms. The number of rotatable bonds is 4. The van der Waals surface area contributed by atoms with Crippen LogP contribution >= 0.6 is 0 Å². The second-order valence-corrected chi connectivity index (χ2v) is 7.37. The van der Waals surface area contributed by atoms with Crippen LogP contribution < -0.4 is 10.0 Å². The molecule has 0 bridgehead atoms. The van der Waals surface area contributed by atoms with Crippen LogP contribution in [0.15, 0.2) is 18.2 Å². The van der Waals surface area contributed by atoms with Gasteiger partial charge in [0.1, 0.15) is 0 Å². The number of nitrogens with one attached hydrogen (secondary N) is 2. The molecular weight excluding hydrogens is 274 g/mol. The van der Waals surface area contributed by atoms with E-state index < -0.39 is 10.2 Å². The lowest BCUT2D eigenvalue weighted by Gasteiger charge is -2.28. The van der Waals surface area contributed by atoms with Gasteiger partial charge in [0, 0.05) is 19.1 Å². The number of fused-ring (bicyclic) bond motifs is 1. The van der Waals surface area contributed by atoms with Gasteiger partial charge in [-0.25, -0.2) is 0 Å². The maximum absolute atomic E-state index is 12.3. The van der Waals surface area contributed by atoms with Crippen LogP contribution in [0.5, 0.6) is 0 Å². The Hall–Kier alpha value is -1.27. The molecule has 2 N–H and O–H groups in total. The van der Waals surface area contributed by atoms with Crippen molar-refractivity contribution in [1.29, 1.82) is 0 Å². The Bertz CT molecular complexity index is 584. The van der Waals surface area contributed by atoms with E-state index in [1.54, 1.807) is 13.1 Å². The Balaban J connectivity index is 2.31. The minimum Gasteiger partial charge on any atom is -0.381 e. The third kappa shape index (κ3) is 3.07. The molecule has 0 fully saturated rings. The van der Waals surface area contributed by atoms with Gasteiger partial charge in [-0.1, -0.05) is 12.1 Å². The maximum Gasteiger partial charge on any atom is 0.301 e. The fraction of sp³-hybridized carbons (Fsp3) is 0.571. The highest BCUT2D eigenvalue weighted by atomic mass is 32.2. The van der Waals surface area contributed by atoms with Crippen molar-refractivity contribution in [3.8, 4) is 0 Å². The van der Waals surface area contributed by atoms with E-state index in [2.05, 4.69) is 17.0 Å². The number of benzene rings is 1. The van der Waals surface area contributed by atoms with Gasteiger partial charge in [-0.2, -0.15) is 12.7 Å². The molecule has 1 aromatic rings. The summed E-state index contributed by atoms with van der Waals surface area (Å²) >= 11 is 0. The van der Waals surface area contributed by atoms with Crippen molar-refractivity contribution in [2.75, 3.05) is 17.1 Å². The minimum absolute atomic E-state index is 0.0843. The van der Waals surface area contributed by atoms with Gasteiger partial charge in [0.05, 0.1) is 11.4 Å². The lowest BCUT2D eigenvalue weighted by atomic mass is 9.98. The monoisotopic (exact) mass is 297 g/mol. The molecule has 20 heavy (non-hydrogen) atoms. The Morgan fingerprint density at radius 2 is 2.10 bits per heavy atom. The van der Waals surface area contributed by atoms with Gasteiger partial charge in [-0.3, -0.25) is 4.72 Å². The molecule has 5 nitrogen and oxygen atoms in total. The van der Waals surface area contributed by atoms with Crippen molar-refractivity contribution in [3.63, 3.8) is 0 Å². The first-order valence-corrected chi connectivity index (χ1v) is 8.39. The van der Waals surface area contributed by atoms with Crippen LogP contribution in [0.25, 0.3) is 0 Å². The first-order chi connectivity index (χ1) is 9.31. The summed E-state index contributed by atoms with van der Waals surface area (Å²) in [5.74, 6) is 0. The molecule has 0 aromatic heterocycles. The van der Waals surface area contributed by atoms with Crippen LogP contribution in [0, 0.1) is 0 Å². The molecule has 0 radical (unpaired) electrons. The van der Waals surface area contributed by atoms with Crippen LogP contribution in [0.3, 0.4) is 0 Å². The second-order valence-electron chi connectivity index (χ2n) is 5.64. The standard InChI is InChI=1S/C14H23N3O2S/c1-10(2)17(4)20(18,19)16-13-7-5-6-12-9-8-11(3)15-14(12)13/h5-7,10-11,15-16H,8-9H2,1-4H3. The Kier molecular flexibility index (Phi) is 4.25. The zero-order chi connectivity index (χ0) is 14.9. The predicted molar refractivity (Wildman–Crippen MR) is 83.3 cm³/mol. The average molecular weight is 297 g/mol. The van der Waals surface area contributed by atoms with Gasteiger partial charge in [0.2, 0.25) is 0 Å². The molecule has 1 aromatic carbocycles. The SMILES string of the molecule is CC1CCc2cccc(NS(=O)(=O)N(C)C(C)C)c2N1. The molecule has 0 aliphatic carbocycles. The van der Waals surface area contributed by atoms with Crippen LogP contribution in [-0.2, 0) is 16.6 Å². The Morgan fingerprint density at radius 3 is 2.75 bits per heavy atom. The van der Waals surface area contributed by atoms with Crippen LogP contribution in [0.1, 0.15) is 32.8 Å². The molecule has 0 amide bonds. The normalized spacial score (nSPS) is 18.8. The number of nitrogens with zero attached hydrogens (tertiary/aromatic N) is 1. The van der Waals surface area contributed by atoms with Crippen molar-refractivity contribution in [2.24, 2.45) is 0 Å². The molecule has 1 heterocycles. The van der Waals surface area contributed by atoms with E-state index in [9.17, 15) is 8.42 Å². The van der Waals surface area contributed by atoms with Crippen molar-refractivity contribution in [2.45, 2.75) is 45.7 Å². The topological polar surface area (TPSA) is 61.4 Å². The third-order valence-corrected chi connectivity index (χ3v) is 5.39. The Morgan fingerprint density at radius 1 is 1.40 bits per heavy atom. The highest BCUT2D eigenvalue weighted by Gasteiger charge is 2.23. The van der Waals surface area contributed by atoms with Crippen LogP contribution in [0.4, 0.5) is 11.4 Å². The molecule has 1 aliphatic heterocycles. The van der Waals surface area contributed by atoms with Crippen LogP contribution in [0.2, 0.25) is 0 Å². The van der Waals surface area contributed by atoms with E-state index in [1.807, 2.05) is 26.0 Å². The minimum atomic E-state index is -3.52. The molecule has 0 saturated heterocycles. The smallest absolute Gasteiger partial charge is 0.301 e. The zero-order valence-corrected chi connectivity index (χ0v) is 13.3. The summed E-state index contributed by atoms with van der Waals surface area (Å²) in [6.07, 6.45) is 2.04. The fourth-order valence-corrected chi connectivity index (χ4v) is 3.39. The Labute approximate surface area is 121 Å². The lowest BCUT2D eigenvalue weighted by molar-refractivity contribution is 0.414. The summed E-state index contributed by atoms with van der Waals surface area (Å²) in [6.45, 7) is 5.80. The molecule has 2 rings (SSSR count). The molecular formula is C14H23N3O2S. The number of anilines is 2. The van der Waals surface area contributed by atoms with Gasteiger partial charge < -0.3 is 5.32 Å². The number of hydrogen-bond donors (Lipinski definition) is 2. The average Bonchev–Trinajstić information content (AvgIpc) is 2.38. The zero-order valence-electron chi connectivity index (χ0n) is 12.5. The summed E-state index contributed by atoms with van der Waals surface area (Å²) < 4.78 is 28.6. The number of para-hydroxylation sites is 1. The first kappa shape index (κ1) is 15.1. The van der Waals surface area contributed by atoms with Gasteiger partial charge in [-0.05, 0) is 45.2 Å².